The van der Waals surface area contributed by atoms with Gasteiger partial charge in [-0.05, 0) is 156 Å². The molecule has 8 aromatic carbocycles. The molecule has 0 fully saturated rings. The molecule has 2 aliphatic heterocycles. The first kappa shape index (κ1) is 78.6. The third-order valence-corrected chi connectivity index (χ3v) is 17.9. The Bertz CT molecular complexity index is 5310. The van der Waals surface area contributed by atoms with Crippen LogP contribution in [0.15, 0.2) is 207 Å². The average molecular weight is 1520 g/mol. The number of anilines is 3. The van der Waals surface area contributed by atoms with Gasteiger partial charge >= 0.3 is 30.8 Å². The number of alkyl halides is 1. The number of aromatic amines is 1. The van der Waals surface area contributed by atoms with Crippen molar-refractivity contribution in [2.75, 3.05) is 15.5 Å². The van der Waals surface area contributed by atoms with Crippen molar-refractivity contribution in [3.8, 4) is 0 Å². The summed E-state index contributed by atoms with van der Waals surface area (Å²) in [4.78, 5) is 107. The van der Waals surface area contributed by atoms with E-state index in [0.717, 1.165) is 77.2 Å². The summed E-state index contributed by atoms with van der Waals surface area (Å²) >= 11 is 21.2. The Labute approximate surface area is 628 Å². The molecule has 7 heterocycles. The first-order valence-corrected chi connectivity index (χ1v) is 33.4. The number of aromatic carboxylic acids is 1. The monoisotopic (exact) mass is 1520 g/mol. The van der Waals surface area contributed by atoms with Crippen LogP contribution in [0.2, 0.25) is 15.1 Å². The van der Waals surface area contributed by atoms with Gasteiger partial charge in [-0.15, -0.1) is 0 Å². The molecular weight excluding hydrogens is 1460 g/mol. The standard InChI is InChI=1S/C19H15ClN2O2.C18H13ClN2O3.C11H10N2O3.C11H12N2O.C8H6BrClO2.C8H6N2O2.Li.H2O/c1-12(23)10-21-8-7-13-5-6-15(9-17(13)21)22-11-14-3-2-4-16(20)18(14)19(22)24;19-14-3-1-2-12-9-21(18(24)17(12)14)13-5-4-11-6-7-20(10-16(22)23)15(11)8-13;1-8(14)7-12-5-4-9-2-3-10(13(15)16)6-11(9)12;1-8(14)7-13-5-4-9-2-3-10(12)6-11(9)13;9-4-5-2-1-3-6(10)7(5)8(11)12;11-10(12)7-2-1-6-3-4-9-8(6)5-7;;/h2-9H,10-11H2,1H3;1-8H,9-10H2,(H,22,23);2-6H,7H2,1H3;2-6H,7,12H2,1H3;1-3H,4H2,(H,11,12);1-5,9H;;1H2/q;;;;;;+1;/p-1. The number of hydrogen-bond donors (Lipinski definition) is 4. The molecule has 0 saturated heterocycles. The normalized spacial score (nSPS) is 11.6. The minimum atomic E-state index is -0.991. The molecule has 526 valence electrons. The number of carboxylic acid groups (broad SMARTS) is 2. The summed E-state index contributed by atoms with van der Waals surface area (Å²) < 4.78 is 7.18. The van der Waals surface area contributed by atoms with Gasteiger partial charge in [-0.1, -0.05) is 105 Å². The summed E-state index contributed by atoms with van der Waals surface area (Å²) in [6.45, 7) is 6.46. The molecule has 13 aromatic rings. The molecule has 0 bridgehead atoms. The average Bonchev–Trinajstić information content (AvgIpc) is 1.63. The zero-order valence-electron chi connectivity index (χ0n) is 56.1. The quantitative estimate of drug-likeness (QED) is 0.0258. The number of halogens is 4. The van der Waals surface area contributed by atoms with Gasteiger partial charge in [0, 0.05) is 83.0 Å². The number of nitrogen functional groups attached to an aromatic ring is 1. The number of nitrogens with two attached hydrogens (primary N) is 1. The van der Waals surface area contributed by atoms with Gasteiger partial charge in [-0.3, -0.25) is 49.0 Å². The fourth-order valence-corrected chi connectivity index (χ4v) is 13.0. The molecule has 0 atom stereocenters. The predicted octanol–water partition coefficient (Wildman–Crippen LogP) is 13.4. The number of fused-ring (bicyclic) bond motifs is 7. The largest absolute Gasteiger partial charge is 1.00 e. The van der Waals surface area contributed by atoms with Crippen LogP contribution in [0.3, 0.4) is 0 Å². The molecule has 0 aliphatic carbocycles. The number of carbonyl (C=O) groups is 7. The molecule has 5 aromatic heterocycles. The number of nitrogens with zero attached hydrogens (tertiary/aromatic N) is 8. The topological polar surface area (TPSA) is 344 Å². The van der Waals surface area contributed by atoms with Gasteiger partial charge in [0.15, 0.2) is 0 Å². The zero-order valence-corrected chi connectivity index (χ0v) is 59.9. The van der Waals surface area contributed by atoms with Crippen LogP contribution in [0.1, 0.15) is 68.5 Å². The van der Waals surface area contributed by atoms with Gasteiger partial charge in [0.2, 0.25) is 0 Å². The third kappa shape index (κ3) is 18.4. The molecule has 6 N–H and O–H groups in total. The van der Waals surface area contributed by atoms with E-state index in [0.29, 0.717) is 63.8 Å². The van der Waals surface area contributed by atoms with Crippen molar-refractivity contribution in [2.24, 2.45) is 0 Å². The Balaban J connectivity index is 0.000000161. The van der Waals surface area contributed by atoms with E-state index in [1.807, 2.05) is 131 Å². The number of aliphatic carboxylic acids is 1. The number of Topliss-reactive ketones (excluding diaryl/α,β-unsaturated/α-hetero) is 3. The van der Waals surface area contributed by atoms with Gasteiger partial charge < -0.3 is 54.5 Å². The number of hydrogen-bond acceptors (Lipinski definition) is 13. The van der Waals surface area contributed by atoms with E-state index in [-0.39, 0.29) is 88.6 Å². The minimum absolute atomic E-state index is 0. The summed E-state index contributed by atoms with van der Waals surface area (Å²) in [6.07, 6.45) is 9.06. The van der Waals surface area contributed by atoms with Crippen LogP contribution in [0.4, 0.5) is 28.4 Å². The number of ketones is 3. The number of rotatable bonds is 14. The minimum Gasteiger partial charge on any atom is -0.870 e. The van der Waals surface area contributed by atoms with E-state index in [4.69, 9.17) is 50.7 Å². The van der Waals surface area contributed by atoms with Crippen molar-refractivity contribution >= 4 is 175 Å². The molecule has 15 rings (SSSR count). The number of carbonyl (C=O) groups excluding carboxylic acids is 5. The van der Waals surface area contributed by atoms with Crippen LogP contribution in [0.5, 0.6) is 0 Å². The molecule has 2 aliphatic rings. The molecular formula is C75H63BrCl3LiN10O14. The van der Waals surface area contributed by atoms with Gasteiger partial charge in [-0.2, -0.15) is 0 Å². The number of nitrogens with one attached hydrogen (secondary N) is 1. The van der Waals surface area contributed by atoms with Crippen LogP contribution in [-0.4, -0.2) is 89.9 Å². The maximum Gasteiger partial charge on any atom is 1.00 e. The predicted molar refractivity (Wildman–Crippen MR) is 400 cm³/mol. The number of non-ortho nitro benzene ring substituents is 2. The number of H-pyrrole nitrogens is 1. The number of nitro groups is 2. The fraction of sp³-hybridized carbons (Fsp3) is 0.133. The Morgan fingerprint density at radius 3 is 1.32 bits per heavy atom. The van der Waals surface area contributed by atoms with E-state index in [1.54, 1.807) is 93.8 Å². The molecule has 29 heteroatoms. The number of amides is 2. The van der Waals surface area contributed by atoms with Gasteiger partial charge in [0.25, 0.3) is 23.2 Å². The SMILES string of the molecule is CC(=O)Cn1ccc2ccc(N)cc21.CC(=O)Cn1ccc2ccc(N3Cc4cccc(Cl)c4C3=O)cc21.CC(=O)Cn1ccc2ccc([N+](=O)[O-])cc21.O=C(O)Cn1ccc2ccc(N3Cc4cccc(Cl)c4C3=O)cc21.O=C(O)c1c(Cl)cccc1CBr.O=[N+]([O-])c1ccc2cc[nH]c2c1.[Li+].[OH-]. The Morgan fingerprint density at radius 2 is 0.904 bits per heavy atom. The summed E-state index contributed by atoms with van der Waals surface area (Å²) in [7, 11) is 0. The molecule has 0 unspecified atom stereocenters. The van der Waals surface area contributed by atoms with E-state index in [9.17, 15) is 53.8 Å². The van der Waals surface area contributed by atoms with Crippen molar-refractivity contribution in [3.05, 3.63) is 276 Å². The Hall–Kier alpha value is -11.1. The maximum absolute atomic E-state index is 12.7. The van der Waals surface area contributed by atoms with Crippen LogP contribution >= 0.6 is 50.7 Å². The molecule has 0 spiro atoms. The van der Waals surface area contributed by atoms with Crippen LogP contribution in [0.25, 0.3) is 54.5 Å². The van der Waals surface area contributed by atoms with Crippen LogP contribution in [-0.2, 0) is 63.8 Å². The smallest absolute Gasteiger partial charge is 0.870 e. The second-order valence-electron chi connectivity index (χ2n) is 23.6. The second-order valence-corrected chi connectivity index (χ2v) is 25.4. The third-order valence-electron chi connectivity index (χ3n) is 16.4. The maximum atomic E-state index is 12.7. The first-order valence-electron chi connectivity index (χ1n) is 31.2. The molecule has 0 saturated carbocycles. The van der Waals surface area contributed by atoms with Crippen molar-refractivity contribution in [2.45, 2.75) is 65.4 Å². The molecule has 0 radical (unpaired) electrons. The zero-order chi connectivity index (χ0) is 73.2. The fourth-order valence-electron chi connectivity index (χ4n) is 11.7. The Kier molecular flexibility index (Phi) is 26.2. The second kappa shape index (κ2) is 34.7. The van der Waals surface area contributed by atoms with E-state index >= 15 is 0 Å². The van der Waals surface area contributed by atoms with E-state index < -0.39 is 21.8 Å². The summed E-state index contributed by atoms with van der Waals surface area (Å²) in [5, 5.41) is 45.5. The van der Waals surface area contributed by atoms with Crippen molar-refractivity contribution in [1.29, 1.82) is 0 Å². The van der Waals surface area contributed by atoms with E-state index in [1.165, 1.54) is 31.2 Å². The van der Waals surface area contributed by atoms with Crippen molar-refractivity contribution in [3.63, 3.8) is 0 Å². The number of benzene rings is 8. The van der Waals surface area contributed by atoms with Crippen LogP contribution < -0.4 is 34.4 Å². The molecule has 2 amide bonds. The van der Waals surface area contributed by atoms with Gasteiger partial charge in [-0.25, -0.2) is 4.79 Å². The summed E-state index contributed by atoms with van der Waals surface area (Å²) in [5.41, 5.74) is 16.2. The van der Waals surface area contributed by atoms with Gasteiger partial charge in [0.1, 0.15) is 23.9 Å². The number of carboxylic acids is 2. The summed E-state index contributed by atoms with van der Waals surface area (Å²) in [6, 6.07) is 52.0. The van der Waals surface area contributed by atoms with Crippen molar-refractivity contribution < 1.29 is 78.0 Å². The molecule has 24 nitrogen and oxygen atoms in total. The van der Waals surface area contributed by atoms with Crippen molar-refractivity contribution in [1.82, 2.24) is 23.3 Å². The van der Waals surface area contributed by atoms with Gasteiger partial charge in [0.05, 0.1) is 102 Å². The molecule has 104 heavy (non-hydrogen) atoms. The number of nitro benzene ring substituents is 2. The first-order chi connectivity index (χ1) is 48.8. The summed E-state index contributed by atoms with van der Waals surface area (Å²) in [5.74, 6) is -1.86. The number of aromatic nitrogens is 5. The Morgan fingerprint density at radius 1 is 0.510 bits per heavy atom. The van der Waals surface area contributed by atoms with E-state index in [2.05, 4.69) is 20.9 Å². The van der Waals surface area contributed by atoms with Crippen LogP contribution in [0, 0.1) is 20.2 Å².